The van der Waals surface area contributed by atoms with E-state index in [1.54, 1.807) is 7.11 Å². The first kappa shape index (κ1) is 16.8. The van der Waals surface area contributed by atoms with Crippen molar-refractivity contribution < 1.29 is 14.9 Å². The first-order valence-corrected chi connectivity index (χ1v) is 9.45. The maximum atomic E-state index is 10.4. The molecule has 4 rings (SSSR count). The van der Waals surface area contributed by atoms with Crippen LogP contribution in [0.3, 0.4) is 0 Å². The van der Waals surface area contributed by atoms with Crippen molar-refractivity contribution in [3.63, 3.8) is 0 Å². The summed E-state index contributed by atoms with van der Waals surface area (Å²) in [6.07, 6.45) is 4.48. The molecule has 1 aliphatic carbocycles. The van der Waals surface area contributed by atoms with Crippen molar-refractivity contribution in [2.24, 2.45) is 5.92 Å². The Morgan fingerprint density at radius 1 is 1.12 bits per heavy atom. The third-order valence-electron chi connectivity index (χ3n) is 5.03. The lowest BCUT2D eigenvalue weighted by Gasteiger charge is -2.25. The monoisotopic (exact) mass is 368 g/mol. The number of phenols is 2. The van der Waals surface area contributed by atoms with Crippen molar-refractivity contribution in [1.82, 2.24) is 9.59 Å². The molecule has 1 aliphatic rings. The zero-order valence-electron chi connectivity index (χ0n) is 14.5. The van der Waals surface area contributed by atoms with Gasteiger partial charge in [-0.25, -0.2) is 0 Å². The smallest absolute Gasteiger partial charge is 0.128 e. The Kier molecular flexibility index (Phi) is 4.51. The SMILES string of the molecule is COc1ccc(-c2snnc2-c2cc(CC3CCC3)c(O)cc2O)cc1. The molecular weight excluding hydrogens is 348 g/mol. The van der Waals surface area contributed by atoms with E-state index in [0.29, 0.717) is 17.2 Å². The minimum Gasteiger partial charge on any atom is -0.508 e. The van der Waals surface area contributed by atoms with E-state index in [1.165, 1.54) is 36.9 Å². The number of aromatic hydroxyl groups is 2. The molecule has 0 aliphatic heterocycles. The van der Waals surface area contributed by atoms with E-state index in [9.17, 15) is 10.2 Å². The largest absolute Gasteiger partial charge is 0.508 e. The summed E-state index contributed by atoms with van der Waals surface area (Å²) in [5.74, 6) is 1.56. The van der Waals surface area contributed by atoms with Crippen molar-refractivity contribution >= 4 is 11.5 Å². The Morgan fingerprint density at radius 3 is 2.54 bits per heavy atom. The molecule has 1 saturated carbocycles. The number of methoxy groups -OCH3 is 1. The summed E-state index contributed by atoms with van der Waals surface area (Å²) < 4.78 is 9.29. The predicted octanol–water partition coefficient (Wildman–Crippen LogP) is 4.63. The lowest BCUT2D eigenvalue weighted by molar-refractivity contribution is 0.310. The lowest BCUT2D eigenvalue weighted by Crippen LogP contribution is -2.13. The molecule has 2 N–H and O–H groups in total. The normalized spacial score (nSPS) is 14.2. The number of hydrogen-bond acceptors (Lipinski definition) is 6. The number of rotatable bonds is 5. The second-order valence-electron chi connectivity index (χ2n) is 6.68. The van der Waals surface area contributed by atoms with Crippen molar-refractivity contribution in [2.45, 2.75) is 25.7 Å². The van der Waals surface area contributed by atoms with Gasteiger partial charge in [-0.05, 0) is 65.3 Å². The van der Waals surface area contributed by atoms with Crippen LogP contribution in [-0.2, 0) is 6.42 Å². The summed E-state index contributed by atoms with van der Waals surface area (Å²) in [4.78, 5) is 0.878. The van der Waals surface area contributed by atoms with Crippen LogP contribution in [0.1, 0.15) is 24.8 Å². The molecule has 0 spiro atoms. The second kappa shape index (κ2) is 6.96. The molecule has 3 aromatic rings. The van der Waals surface area contributed by atoms with E-state index >= 15 is 0 Å². The quantitative estimate of drug-likeness (QED) is 0.686. The fourth-order valence-corrected chi connectivity index (χ4v) is 3.96. The Labute approximate surface area is 156 Å². The predicted molar refractivity (Wildman–Crippen MR) is 102 cm³/mol. The molecule has 1 aromatic heterocycles. The van der Waals surface area contributed by atoms with Gasteiger partial charge in [0.2, 0.25) is 0 Å². The molecule has 0 saturated heterocycles. The van der Waals surface area contributed by atoms with Gasteiger partial charge in [-0.15, -0.1) is 5.10 Å². The van der Waals surface area contributed by atoms with Crippen molar-refractivity contribution in [3.8, 4) is 38.9 Å². The fourth-order valence-electron chi connectivity index (χ4n) is 3.28. The van der Waals surface area contributed by atoms with E-state index in [0.717, 1.165) is 28.2 Å². The van der Waals surface area contributed by atoms with Crippen LogP contribution in [0.15, 0.2) is 36.4 Å². The van der Waals surface area contributed by atoms with Gasteiger partial charge in [0.05, 0.1) is 12.0 Å². The van der Waals surface area contributed by atoms with Crippen molar-refractivity contribution in [3.05, 3.63) is 42.0 Å². The first-order valence-electron chi connectivity index (χ1n) is 8.67. The highest BCUT2D eigenvalue weighted by atomic mass is 32.1. The number of hydrogen-bond donors (Lipinski definition) is 2. The van der Waals surface area contributed by atoms with Crippen molar-refractivity contribution in [2.75, 3.05) is 7.11 Å². The molecule has 6 heteroatoms. The minimum absolute atomic E-state index is 0.0160. The molecule has 1 heterocycles. The lowest BCUT2D eigenvalue weighted by atomic mass is 9.80. The fraction of sp³-hybridized carbons (Fsp3) is 0.300. The third kappa shape index (κ3) is 3.12. The number of benzene rings is 2. The number of phenolic OH excluding ortho intramolecular Hbond substituents is 2. The third-order valence-corrected chi connectivity index (χ3v) is 5.80. The highest BCUT2D eigenvalue weighted by Gasteiger charge is 2.22. The average Bonchev–Trinajstić information content (AvgIpc) is 3.09. The molecule has 134 valence electrons. The maximum absolute atomic E-state index is 10.4. The van der Waals surface area contributed by atoms with Gasteiger partial charge in [0.15, 0.2) is 0 Å². The van der Waals surface area contributed by atoms with E-state index < -0.39 is 0 Å². The van der Waals surface area contributed by atoms with Crippen LogP contribution in [0.2, 0.25) is 0 Å². The van der Waals surface area contributed by atoms with Gasteiger partial charge in [0.25, 0.3) is 0 Å². The zero-order chi connectivity index (χ0) is 18.1. The minimum atomic E-state index is 0.0160. The van der Waals surface area contributed by atoms with Gasteiger partial charge in [-0.2, -0.15) is 0 Å². The molecule has 26 heavy (non-hydrogen) atoms. The molecule has 0 bridgehead atoms. The Bertz CT molecular complexity index is 917. The molecular formula is C20H20N2O3S. The molecule has 0 unspecified atom stereocenters. The van der Waals surface area contributed by atoms with Crippen molar-refractivity contribution in [1.29, 1.82) is 0 Å². The summed E-state index contributed by atoms with van der Waals surface area (Å²) in [5, 5.41) is 24.9. The Balaban J connectivity index is 1.73. The molecule has 2 aromatic carbocycles. The maximum Gasteiger partial charge on any atom is 0.128 e. The second-order valence-corrected chi connectivity index (χ2v) is 7.43. The van der Waals surface area contributed by atoms with Crippen LogP contribution in [0.4, 0.5) is 0 Å². The van der Waals surface area contributed by atoms with E-state index in [-0.39, 0.29) is 11.5 Å². The van der Waals surface area contributed by atoms with Crippen LogP contribution < -0.4 is 4.74 Å². The van der Waals surface area contributed by atoms with E-state index in [1.807, 2.05) is 30.3 Å². The molecule has 0 amide bonds. The van der Waals surface area contributed by atoms with E-state index in [2.05, 4.69) is 9.59 Å². The Morgan fingerprint density at radius 2 is 1.88 bits per heavy atom. The molecule has 1 fully saturated rings. The highest BCUT2D eigenvalue weighted by Crippen LogP contribution is 2.42. The summed E-state index contributed by atoms with van der Waals surface area (Å²) in [6, 6.07) is 10.9. The van der Waals surface area contributed by atoms with Crippen LogP contribution >= 0.6 is 11.5 Å². The van der Waals surface area contributed by atoms with Crippen LogP contribution in [-0.4, -0.2) is 26.9 Å². The number of ether oxygens (including phenoxy) is 1. The van der Waals surface area contributed by atoms with Crippen LogP contribution in [0.5, 0.6) is 17.2 Å². The summed E-state index contributed by atoms with van der Waals surface area (Å²) in [5.41, 5.74) is 3.06. The molecule has 0 radical (unpaired) electrons. The summed E-state index contributed by atoms with van der Waals surface area (Å²) in [7, 11) is 1.63. The van der Waals surface area contributed by atoms with Gasteiger partial charge in [0, 0.05) is 11.6 Å². The van der Waals surface area contributed by atoms with Gasteiger partial charge >= 0.3 is 0 Å². The standard InChI is InChI=1S/C20H20N2O3S/c1-25-15-7-5-13(6-8-15)20-19(21-22-26-20)16-10-14(9-12-3-2-4-12)17(23)11-18(16)24/h5-8,10-12,23-24H,2-4,9H2,1H3. The van der Waals surface area contributed by atoms with Crippen LogP contribution in [0, 0.1) is 5.92 Å². The topological polar surface area (TPSA) is 75.5 Å². The van der Waals surface area contributed by atoms with Gasteiger partial charge < -0.3 is 14.9 Å². The van der Waals surface area contributed by atoms with Gasteiger partial charge in [-0.3, -0.25) is 0 Å². The Hall–Kier alpha value is -2.60. The first-order chi connectivity index (χ1) is 12.7. The molecule has 5 nitrogen and oxygen atoms in total. The van der Waals surface area contributed by atoms with Crippen LogP contribution in [0.25, 0.3) is 21.7 Å². The number of aromatic nitrogens is 2. The number of nitrogens with zero attached hydrogens (tertiary/aromatic N) is 2. The average molecular weight is 368 g/mol. The highest BCUT2D eigenvalue weighted by molar-refractivity contribution is 7.09. The van der Waals surface area contributed by atoms with Gasteiger partial charge in [-0.1, -0.05) is 23.8 Å². The zero-order valence-corrected chi connectivity index (χ0v) is 15.3. The summed E-state index contributed by atoms with van der Waals surface area (Å²) >= 11 is 1.28. The van der Waals surface area contributed by atoms with E-state index in [4.69, 9.17) is 4.74 Å². The molecule has 0 atom stereocenters. The van der Waals surface area contributed by atoms with Gasteiger partial charge in [0.1, 0.15) is 22.9 Å². The summed E-state index contributed by atoms with van der Waals surface area (Å²) in [6.45, 7) is 0.